The number of fused-ring (bicyclic) bond motifs is 2. The minimum atomic E-state index is -0.750. The van der Waals surface area contributed by atoms with Gasteiger partial charge in [-0.25, -0.2) is 4.98 Å². The van der Waals surface area contributed by atoms with Gasteiger partial charge in [0.2, 0.25) is 5.71 Å². The van der Waals surface area contributed by atoms with Crippen LogP contribution in [-0.2, 0) is 0 Å². The van der Waals surface area contributed by atoms with Gasteiger partial charge in [0.1, 0.15) is 24.0 Å². The maximum atomic E-state index is 9.84. The Hall–Kier alpha value is -2.73. The molecule has 0 aliphatic heterocycles. The Bertz CT molecular complexity index is 899. The van der Waals surface area contributed by atoms with Gasteiger partial charge in [-0.1, -0.05) is 6.58 Å². The fraction of sp³-hybridized carbons (Fsp3) is 0.278. The van der Waals surface area contributed by atoms with Crippen molar-refractivity contribution in [2.24, 2.45) is 0 Å². The SMILES string of the molecule is C=C(C)[C@@H](O)COc1ccc2c(OC)c3ccoc3nc2c1OC. The van der Waals surface area contributed by atoms with Crippen molar-refractivity contribution in [2.75, 3.05) is 20.8 Å². The van der Waals surface area contributed by atoms with Crippen LogP contribution in [-0.4, -0.2) is 37.0 Å². The standard InChI is InChI=1S/C18H19NO5/c1-10(2)13(20)9-24-14-6-5-11-15(17(14)22-4)19-18-12(7-8-23-18)16(11)21-3/h5-8,13,20H,1,9H2,2-4H3/t13-/m0/s1. The number of aromatic nitrogens is 1. The Morgan fingerprint density at radius 2 is 1.96 bits per heavy atom. The number of aliphatic hydroxyl groups is 1. The summed E-state index contributed by atoms with van der Waals surface area (Å²) < 4.78 is 22.1. The third-order valence-corrected chi connectivity index (χ3v) is 3.82. The summed E-state index contributed by atoms with van der Waals surface area (Å²) in [4.78, 5) is 4.51. The molecule has 6 heteroatoms. The second-order valence-corrected chi connectivity index (χ2v) is 5.45. The number of aliphatic hydroxyl groups excluding tert-OH is 1. The van der Waals surface area contributed by atoms with Crippen LogP contribution in [0.2, 0.25) is 0 Å². The van der Waals surface area contributed by atoms with Gasteiger partial charge in [0, 0.05) is 5.39 Å². The van der Waals surface area contributed by atoms with Gasteiger partial charge in [-0.2, -0.15) is 0 Å². The van der Waals surface area contributed by atoms with E-state index in [2.05, 4.69) is 11.6 Å². The molecule has 0 saturated heterocycles. The van der Waals surface area contributed by atoms with Gasteiger partial charge in [-0.3, -0.25) is 0 Å². The van der Waals surface area contributed by atoms with E-state index < -0.39 is 6.10 Å². The molecule has 0 saturated carbocycles. The van der Waals surface area contributed by atoms with Crippen molar-refractivity contribution in [3.63, 3.8) is 0 Å². The normalized spacial score (nSPS) is 12.3. The van der Waals surface area contributed by atoms with Gasteiger partial charge in [-0.05, 0) is 30.7 Å². The van der Waals surface area contributed by atoms with Crippen LogP contribution in [0.3, 0.4) is 0 Å². The summed E-state index contributed by atoms with van der Waals surface area (Å²) in [5.74, 6) is 1.60. The lowest BCUT2D eigenvalue weighted by atomic mass is 10.1. The Morgan fingerprint density at radius 3 is 2.62 bits per heavy atom. The first-order valence-electron chi connectivity index (χ1n) is 7.45. The molecule has 0 amide bonds. The van der Waals surface area contributed by atoms with E-state index in [0.29, 0.717) is 34.1 Å². The molecule has 0 unspecified atom stereocenters. The van der Waals surface area contributed by atoms with Crippen molar-refractivity contribution < 1.29 is 23.7 Å². The molecule has 3 rings (SSSR count). The van der Waals surface area contributed by atoms with Crippen LogP contribution in [0.25, 0.3) is 22.0 Å². The number of hydrogen-bond acceptors (Lipinski definition) is 6. The molecular weight excluding hydrogens is 310 g/mol. The van der Waals surface area contributed by atoms with E-state index in [0.717, 1.165) is 10.8 Å². The maximum absolute atomic E-state index is 9.84. The molecule has 0 aliphatic rings. The number of rotatable bonds is 6. The number of methoxy groups -OCH3 is 2. The van der Waals surface area contributed by atoms with Gasteiger partial charge in [0.25, 0.3) is 0 Å². The summed E-state index contributed by atoms with van der Waals surface area (Å²) >= 11 is 0. The van der Waals surface area contributed by atoms with Crippen LogP contribution >= 0.6 is 0 Å². The van der Waals surface area contributed by atoms with E-state index in [9.17, 15) is 5.11 Å². The van der Waals surface area contributed by atoms with Crippen molar-refractivity contribution in [3.8, 4) is 17.2 Å². The molecule has 1 N–H and O–H groups in total. The molecule has 24 heavy (non-hydrogen) atoms. The summed E-state index contributed by atoms with van der Waals surface area (Å²) in [6.07, 6.45) is 0.812. The number of benzene rings is 1. The molecule has 2 heterocycles. The first-order chi connectivity index (χ1) is 11.6. The number of furan rings is 1. The lowest BCUT2D eigenvalue weighted by Gasteiger charge is -2.16. The number of nitrogens with zero attached hydrogens (tertiary/aromatic N) is 1. The average Bonchev–Trinajstić information content (AvgIpc) is 3.04. The van der Waals surface area contributed by atoms with Crippen LogP contribution in [0.5, 0.6) is 17.2 Å². The average molecular weight is 329 g/mol. The van der Waals surface area contributed by atoms with Gasteiger partial charge in [0.15, 0.2) is 11.5 Å². The highest BCUT2D eigenvalue weighted by atomic mass is 16.5. The Balaban J connectivity index is 2.12. The molecule has 0 spiro atoms. The molecular formula is C18H19NO5. The first kappa shape index (κ1) is 16.1. The zero-order valence-corrected chi connectivity index (χ0v) is 13.8. The second-order valence-electron chi connectivity index (χ2n) is 5.45. The Labute approximate surface area is 139 Å². The fourth-order valence-electron chi connectivity index (χ4n) is 2.50. The van der Waals surface area contributed by atoms with Crippen LogP contribution in [0.15, 0.2) is 41.0 Å². The quantitative estimate of drug-likeness (QED) is 0.699. The third kappa shape index (κ3) is 2.65. The monoisotopic (exact) mass is 329 g/mol. The third-order valence-electron chi connectivity index (χ3n) is 3.82. The lowest BCUT2D eigenvalue weighted by Crippen LogP contribution is -2.18. The molecule has 0 fully saturated rings. The molecule has 3 aromatic rings. The molecule has 0 radical (unpaired) electrons. The predicted molar refractivity (Wildman–Crippen MR) is 90.9 cm³/mol. The minimum Gasteiger partial charge on any atom is -0.495 e. The van der Waals surface area contributed by atoms with Gasteiger partial charge < -0.3 is 23.7 Å². The van der Waals surface area contributed by atoms with E-state index >= 15 is 0 Å². The lowest BCUT2D eigenvalue weighted by molar-refractivity contribution is 0.133. The van der Waals surface area contributed by atoms with E-state index in [1.54, 1.807) is 32.4 Å². The Kier molecular flexibility index (Phi) is 4.31. The smallest absolute Gasteiger partial charge is 0.230 e. The molecule has 0 bridgehead atoms. The van der Waals surface area contributed by atoms with Crippen LogP contribution in [0, 0.1) is 0 Å². The fourth-order valence-corrected chi connectivity index (χ4v) is 2.50. The minimum absolute atomic E-state index is 0.0807. The van der Waals surface area contributed by atoms with Gasteiger partial charge >= 0.3 is 0 Å². The highest BCUT2D eigenvalue weighted by Gasteiger charge is 2.19. The largest absolute Gasteiger partial charge is 0.495 e. The van der Waals surface area contributed by atoms with E-state index in [-0.39, 0.29) is 6.61 Å². The molecule has 6 nitrogen and oxygen atoms in total. The summed E-state index contributed by atoms with van der Waals surface area (Å²) in [6.45, 7) is 5.53. The zero-order valence-electron chi connectivity index (χ0n) is 13.8. The van der Waals surface area contributed by atoms with E-state index in [1.165, 1.54) is 7.11 Å². The van der Waals surface area contributed by atoms with Crippen molar-refractivity contribution in [1.82, 2.24) is 4.98 Å². The summed E-state index contributed by atoms with van der Waals surface area (Å²) in [5.41, 5.74) is 1.66. The zero-order chi connectivity index (χ0) is 17.3. The molecule has 0 aliphatic carbocycles. The molecule has 126 valence electrons. The second kappa shape index (κ2) is 6.41. The van der Waals surface area contributed by atoms with Gasteiger partial charge in [0.05, 0.1) is 25.9 Å². The predicted octanol–water partition coefficient (Wildman–Crippen LogP) is 3.31. The van der Waals surface area contributed by atoms with Crippen LogP contribution in [0.4, 0.5) is 0 Å². The molecule has 1 atom stereocenters. The van der Waals surface area contributed by atoms with Crippen molar-refractivity contribution in [2.45, 2.75) is 13.0 Å². The summed E-state index contributed by atoms with van der Waals surface area (Å²) in [5, 5.41) is 11.4. The Morgan fingerprint density at radius 1 is 1.21 bits per heavy atom. The highest BCUT2D eigenvalue weighted by molar-refractivity contribution is 6.02. The summed E-state index contributed by atoms with van der Waals surface area (Å²) in [7, 11) is 3.14. The molecule has 2 aromatic heterocycles. The summed E-state index contributed by atoms with van der Waals surface area (Å²) in [6, 6.07) is 5.42. The van der Waals surface area contributed by atoms with Crippen LogP contribution < -0.4 is 14.2 Å². The maximum Gasteiger partial charge on any atom is 0.230 e. The highest BCUT2D eigenvalue weighted by Crippen LogP contribution is 2.41. The number of hydrogen-bond donors (Lipinski definition) is 1. The molecule has 1 aromatic carbocycles. The number of ether oxygens (including phenoxy) is 3. The van der Waals surface area contributed by atoms with Crippen molar-refractivity contribution >= 4 is 22.0 Å². The first-order valence-corrected chi connectivity index (χ1v) is 7.45. The van der Waals surface area contributed by atoms with Crippen LogP contribution in [0.1, 0.15) is 6.92 Å². The topological polar surface area (TPSA) is 74.0 Å². The van der Waals surface area contributed by atoms with E-state index in [1.807, 2.05) is 6.07 Å². The van der Waals surface area contributed by atoms with Gasteiger partial charge in [-0.15, -0.1) is 0 Å². The van der Waals surface area contributed by atoms with Crippen molar-refractivity contribution in [3.05, 3.63) is 36.6 Å². The van der Waals surface area contributed by atoms with E-state index in [4.69, 9.17) is 18.6 Å². The number of pyridine rings is 1. The van der Waals surface area contributed by atoms with Crippen molar-refractivity contribution in [1.29, 1.82) is 0 Å².